The molecule has 0 unspecified atom stereocenters. The van der Waals surface area contributed by atoms with E-state index in [-0.39, 0.29) is 18.1 Å². The molecule has 0 amide bonds. The number of benzene rings is 1. The number of rotatable bonds is 6. The first kappa shape index (κ1) is 14.5. The summed E-state index contributed by atoms with van der Waals surface area (Å²) in [6.07, 6.45) is 0. The summed E-state index contributed by atoms with van der Waals surface area (Å²) in [7, 11) is -3.03. The number of ether oxygens (including phenoxy) is 1. The molecule has 0 bridgehead atoms. The van der Waals surface area contributed by atoms with Crippen molar-refractivity contribution in [3.05, 3.63) is 29.8 Å². The standard InChI is InChI=1S/C12H17NO4S/c1-3-18(15,16)9-8-17-12-7-5-4-6-11(12)10(2)13-14/h4-7,14H,3,8-9H2,1-2H3/b13-10+. The van der Waals surface area contributed by atoms with Crippen molar-refractivity contribution in [3.8, 4) is 5.75 Å². The maximum atomic E-state index is 11.3. The molecule has 0 heterocycles. The number of sulfone groups is 1. The molecule has 0 aromatic heterocycles. The van der Waals surface area contributed by atoms with Crippen LogP contribution in [-0.4, -0.2) is 37.4 Å². The number of hydrogen-bond acceptors (Lipinski definition) is 5. The lowest BCUT2D eigenvalue weighted by Crippen LogP contribution is -2.16. The van der Waals surface area contributed by atoms with Crippen LogP contribution in [0.4, 0.5) is 0 Å². The zero-order chi connectivity index (χ0) is 13.6. The van der Waals surface area contributed by atoms with Gasteiger partial charge in [-0.15, -0.1) is 0 Å². The third-order valence-corrected chi connectivity index (χ3v) is 4.19. The van der Waals surface area contributed by atoms with E-state index < -0.39 is 9.84 Å². The van der Waals surface area contributed by atoms with Crippen molar-refractivity contribution in [3.63, 3.8) is 0 Å². The number of para-hydroxylation sites is 1. The molecule has 6 heteroatoms. The van der Waals surface area contributed by atoms with Crippen molar-refractivity contribution in [1.82, 2.24) is 0 Å². The highest BCUT2D eigenvalue weighted by molar-refractivity contribution is 7.91. The topological polar surface area (TPSA) is 76.0 Å². The Hall–Kier alpha value is -1.56. The molecule has 1 rings (SSSR count). The lowest BCUT2D eigenvalue weighted by atomic mass is 10.1. The van der Waals surface area contributed by atoms with Gasteiger partial charge >= 0.3 is 0 Å². The van der Waals surface area contributed by atoms with Gasteiger partial charge in [-0.25, -0.2) is 8.42 Å². The third kappa shape index (κ3) is 4.03. The smallest absolute Gasteiger partial charge is 0.153 e. The van der Waals surface area contributed by atoms with E-state index in [0.717, 1.165) is 0 Å². The highest BCUT2D eigenvalue weighted by Gasteiger charge is 2.10. The summed E-state index contributed by atoms with van der Waals surface area (Å²) in [6.45, 7) is 3.34. The van der Waals surface area contributed by atoms with Crippen molar-refractivity contribution < 1.29 is 18.4 Å². The molecule has 0 aliphatic rings. The molecule has 0 atom stereocenters. The number of hydrogen-bond donors (Lipinski definition) is 1. The maximum absolute atomic E-state index is 11.3. The van der Waals surface area contributed by atoms with Crippen LogP contribution in [0, 0.1) is 0 Å². The third-order valence-electron chi connectivity index (χ3n) is 2.52. The summed E-state index contributed by atoms with van der Waals surface area (Å²) < 4.78 is 28.1. The summed E-state index contributed by atoms with van der Waals surface area (Å²) in [4.78, 5) is 0. The van der Waals surface area contributed by atoms with Crippen molar-refractivity contribution in [2.75, 3.05) is 18.1 Å². The Morgan fingerprint density at radius 3 is 2.67 bits per heavy atom. The van der Waals surface area contributed by atoms with Gasteiger partial charge in [0.15, 0.2) is 9.84 Å². The number of oxime groups is 1. The van der Waals surface area contributed by atoms with Gasteiger partial charge in [0.25, 0.3) is 0 Å². The van der Waals surface area contributed by atoms with E-state index in [1.54, 1.807) is 38.1 Å². The van der Waals surface area contributed by atoms with Crippen molar-refractivity contribution in [2.45, 2.75) is 13.8 Å². The molecule has 5 nitrogen and oxygen atoms in total. The van der Waals surface area contributed by atoms with Crippen LogP contribution in [0.25, 0.3) is 0 Å². The van der Waals surface area contributed by atoms with Gasteiger partial charge in [0.2, 0.25) is 0 Å². The van der Waals surface area contributed by atoms with E-state index in [9.17, 15) is 8.42 Å². The zero-order valence-corrected chi connectivity index (χ0v) is 11.3. The molecule has 100 valence electrons. The molecule has 0 saturated heterocycles. The van der Waals surface area contributed by atoms with Crippen molar-refractivity contribution >= 4 is 15.5 Å². The Bertz CT molecular complexity index is 523. The molecule has 1 aromatic rings. The Balaban J connectivity index is 2.74. The van der Waals surface area contributed by atoms with Gasteiger partial charge in [-0.3, -0.25) is 0 Å². The zero-order valence-electron chi connectivity index (χ0n) is 10.5. The van der Waals surface area contributed by atoms with Crippen LogP contribution in [0.1, 0.15) is 19.4 Å². The predicted molar refractivity (Wildman–Crippen MR) is 70.3 cm³/mol. The Labute approximate surface area is 107 Å². The summed E-state index contributed by atoms with van der Waals surface area (Å²) in [5.74, 6) is 0.599. The largest absolute Gasteiger partial charge is 0.492 e. The van der Waals surface area contributed by atoms with Crippen LogP contribution in [0.2, 0.25) is 0 Å². The first-order chi connectivity index (χ1) is 8.50. The fourth-order valence-corrected chi connectivity index (χ4v) is 1.99. The average molecular weight is 271 g/mol. The summed E-state index contributed by atoms with van der Waals surface area (Å²) in [6, 6.07) is 7.03. The van der Waals surface area contributed by atoms with Crippen molar-refractivity contribution in [2.24, 2.45) is 5.16 Å². The van der Waals surface area contributed by atoms with Gasteiger partial charge in [0.1, 0.15) is 12.4 Å². The molecular weight excluding hydrogens is 254 g/mol. The molecule has 0 aliphatic heterocycles. The van der Waals surface area contributed by atoms with E-state index in [1.165, 1.54) is 0 Å². The summed E-state index contributed by atoms with van der Waals surface area (Å²) in [5.41, 5.74) is 1.07. The normalized spacial score (nSPS) is 12.4. The average Bonchev–Trinajstić information content (AvgIpc) is 2.38. The molecule has 0 radical (unpaired) electrons. The Morgan fingerprint density at radius 1 is 1.39 bits per heavy atom. The second kappa shape index (κ2) is 6.39. The van der Waals surface area contributed by atoms with E-state index in [1.807, 2.05) is 0 Å². The first-order valence-corrected chi connectivity index (χ1v) is 7.43. The van der Waals surface area contributed by atoms with Crippen LogP contribution in [-0.2, 0) is 9.84 Å². The molecule has 1 N–H and O–H groups in total. The molecule has 0 aliphatic carbocycles. The van der Waals surface area contributed by atoms with Gasteiger partial charge in [0, 0.05) is 11.3 Å². The van der Waals surface area contributed by atoms with E-state index >= 15 is 0 Å². The minimum atomic E-state index is -3.03. The molecule has 0 spiro atoms. The lowest BCUT2D eigenvalue weighted by Gasteiger charge is -2.10. The quantitative estimate of drug-likeness (QED) is 0.485. The van der Waals surface area contributed by atoms with Crippen LogP contribution in [0.5, 0.6) is 5.75 Å². The van der Waals surface area contributed by atoms with Gasteiger partial charge in [-0.1, -0.05) is 24.2 Å². The van der Waals surface area contributed by atoms with Gasteiger partial charge < -0.3 is 9.94 Å². The fraction of sp³-hybridized carbons (Fsp3) is 0.417. The summed E-state index contributed by atoms with van der Waals surface area (Å²) in [5, 5.41) is 11.9. The molecule has 0 fully saturated rings. The highest BCUT2D eigenvalue weighted by atomic mass is 32.2. The highest BCUT2D eigenvalue weighted by Crippen LogP contribution is 2.18. The Morgan fingerprint density at radius 2 is 2.06 bits per heavy atom. The molecule has 0 saturated carbocycles. The minimum Gasteiger partial charge on any atom is -0.492 e. The molecular formula is C12H17NO4S. The SMILES string of the molecule is CCS(=O)(=O)CCOc1ccccc1/C(C)=N/O. The van der Waals surface area contributed by atoms with Crippen LogP contribution < -0.4 is 4.74 Å². The molecule has 18 heavy (non-hydrogen) atoms. The van der Waals surface area contributed by atoms with Crippen LogP contribution >= 0.6 is 0 Å². The number of nitrogens with zero attached hydrogens (tertiary/aromatic N) is 1. The predicted octanol–water partition coefficient (Wildman–Crippen LogP) is 1.70. The van der Waals surface area contributed by atoms with E-state index in [0.29, 0.717) is 17.0 Å². The molecule has 1 aromatic carbocycles. The van der Waals surface area contributed by atoms with Gasteiger partial charge in [-0.2, -0.15) is 0 Å². The minimum absolute atomic E-state index is 0.0207. The second-order valence-electron chi connectivity index (χ2n) is 3.77. The summed E-state index contributed by atoms with van der Waals surface area (Å²) >= 11 is 0. The van der Waals surface area contributed by atoms with Gasteiger partial charge in [-0.05, 0) is 19.1 Å². The van der Waals surface area contributed by atoms with Crippen LogP contribution in [0.15, 0.2) is 29.4 Å². The Kier molecular flexibility index (Phi) is 5.15. The second-order valence-corrected chi connectivity index (χ2v) is 6.24. The van der Waals surface area contributed by atoms with Gasteiger partial charge in [0.05, 0.1) is 11.5 Å². The van der Waals surface area contributed by atoms with Crippen LogP contribution in [0.3, 0.4) is 0 Å². The van der Waals surface area contributed by atoms with Crippen molar-refractivity contribution in [1.29, 1.82) is 0 Å². The monoisotopic (exact) mass is 271 g/mol. The fourth-order valence-electron chi connectivity index (χ4n) is 1.37. The van der Waals surface area contributed by atoms with E-state index in [2.05, 4.69) is 5.16 Å². The first-order valence-electron chi connectivity index (χ1n) is 5.61. The maximum Gasteiger partial charge on any atom is 0.153 e. The van der Waals surface area contributed by atoms with E-state index in [4.69, 9.17) is 9.94 Å². The lowest BCUT2D eigenvalue weighted by molar-refractivity contribution is 0.317.